The van der Waals surface area contributed by atoms with Crippen molar-refractivity contribution in [2.24, 2.45) is 0 Å². The SMILES string of the molecule is O=C(COC(=O)c1nn(Cc2ccccc2)c(=O)c2ccccc12)Nc1ccc(Cl)cc1F. The van der Waals surface area contributed by atoms with Gasteiger partial charge in [-0.15, -0.1) is 0 Å². The molecule has 0 aliphatic carbocycles. The lowest BCUT2D eigenvalue weighted by Crippen LogP contribution is -2.28. The summed E-state index contributed by atoms with van der Waals surface area (Å²) >= 11 is 5.69. The van der Waals surface area contributed by atoms with Crippen LogP contribution in [0.25, 0.3) is 10.8 Å². The van der Waals surface area contributed by atoms with Gasteiger partial charge in [0.1, 0.15) is 5.82 Å². The maximum atomic E-state index is 13.9. The predicted octanol–water partition coefficient (Wildman–Crippen LogP) is 4.03. The van der Waals surface area contributed by atoms with E-state index in [4.69, 9.17) is 16.3 Å². The first-order valence-corrected chi connectivity index (χ1v) is 10.3. The Kier molecular flexibility index (Phi) is 6.46. The van der Waals surface area contributed by atoms with Gasteiger partial charge < -0.3 is 10.1 Å². The minimum Gasteiger partial charge on any atom is -0.451 e. The maximum Gasteiger partial charge on any atom is 0.359 e. The van der Waals surface area contributed by atoms with Crippen LogP contribution in [0.15, 0.2) is 77.6 Å². The van der Waals surface area contributed by atoms with E-state index in [0.29, 0.717) is 10.8 Å². The Bertz CT molecular complexity index is 1410. The average Bonchev–Trinajstić information content (AvgIpc) is 2.82. The molecule has 0 atom stereocenters. The van der Waals surface area contributed by atoms with Crippen LogP contribution in [0.4, 0.5) is 10.1 Å². The van der Waals surface area contributed by atoms with E-state index in [9.17, 15) is 18.8 Å². The Balaban J connectivity index is 1.56. The Morgan fingerprint density at radius 1 is 1.00 bits per heavy atom. The molecule has 1 heterocycles. The van der Waals surface area contributed by atoms with Crippen LogP contribution in [-0.4, -0.2) is 28.3 Å². The number of amides is 1. The zero-order valence-electron chi connectivity index (χ0n) is 17.1. The van der Waals surface area contributed by atoms with E-state index in [2.05, 4.69) is 10.4 Å². The van der Waals surface area contributed by atoms with Crippen LogP contribution in [0.5, 0.6) is 0 Å². The van der Waals surface area contributed by atoms with Crippen molar-refractivity contribution in [3.05, 3.63) is 105 Å². The summed E-state index contributed by atoms with van der Waals surface area (Å²) in [6, 6.07) is 19.5. The monoisotopic (exact) mass is 465 g/mol. The minimum absolute atomic E-state index is 0.0968. The van der Waals surface area contributed by atoms with Gasteiger partial charge in [0.05, 0.1) is 17.6 Å². The third-order valence-electron chi connectivity index (χ3n) is 4.78. The number of aromatic nitrogens is 2. The molecular weight excluding hydrogens is 449 g/mol. The van der Waals surface area contributed by atoms with Gasteiger partial charge in [-0.3, -0.25) is 9.59 Å². The van der Waals surface area contributed by atoms with Crippen LogP contribution >= 0.6 is 11.6 Å². The highest BCUT2D eigenvalue weighted by atomic mass is 35.5. The number of carbonyl (C=O) groups is 2. The lowest BCUT2D eigenvalue weighted by molar-refractivity contribution is -0.119. The zero-order valence-corrected chi connectivity index (χ0v) is 17.9. The molecule has 1 amide bonds. The van der Waals surface area contributed by atoms with Gasteiger partial charge in [-0.2, -0.15) is 5.10 Å². The molecule has 0 unspecified atom stereocenters. The number of esters is 1. The van der Waals surface area contributed by atoms with E-state index in [1.165, 1.54) is 16.8 Å². The quantitative estimate of drug-likeness (QED) is 0.434. The fourth-order valence-corrected chi connectivity index (χ4v) is 3.38. The Hall–Kier alpha value is -4.04. The van der Waals surface area contributed by atoms with Crippen LogP contribution in [0.1, 0.15) is 16.1 Å². The van der Waals surface area contributed by atoms with Crippen molar-refractivity contribution in [2.45, 2.75) is 6.54 Å². The first-order valence-electron chi connectivity index (χ1n) is 9.88. The van der Waals surface area contributed by atoms with E-state index in [1.54, 1.807) is 24.3 Å². The molecule has 0 saturated carbocycles. The number of nitrogens with zero attached hydrogens (tertiary/aromatic N) is 2. The molecule has 0 radical (unpaired) electrons. The van der Waals surface area contributed by atoms with Gasteiger partial charge in [-0.1, -0.05) is 60.1 Å². The van der Waals surface area contributed by atoms with Crippen molar-refractivity contribution in [1.82, 2.24) is 9.78 Å². The predicted molar refractivity (Wildman–Crippen MR) is 122 cm³/mol. The summed E-state index contributed by atoms with van der Waals surface area (Å²) in [6.07, 6.45) is 0. The van der Waals surface area contributed by atoms with Crippen molar-refractivity contribution >= 4 is 39.9 Å². The molecule has 1 N–H and O–H groups in total. The van der Waals surface area contributed by atoms with Gasteiger partial charge in [-0.05, 0) is 29.8 Å². The molecule has 7 nitrogen and oxygen atoms in total. The highest BCUT2D eigenvalue weighted by Crippen LogP contribution is 2.19. The number of benzene rings is 3. The van der Waals surface area contributed by atoms with Crippen LogP contribution < -0.4 is 10.9 Å². The van der Waals surface area contributed by atoms with E-state index in [0.717, 1.165) is 11.6 Å². The molecule has 1 aromatic heterocycles. The molecule has 0 saturated heterocycles. The number of nitrogens with one attached hydrogen (secondary N) is 1. The summed E-state index contributed by atoms with van der Waals surface area (Å²) in [4.78, 5) is 37.8. The number of rotatable bonds is 6. The first-order chi connectivity index (χ1) is 15.9. The van der Waals surface area contributed by atoms with Gasteiger partial charge in [0.15, 0.2) is 12.3 Å². The molecule has 3 aromatic carbocycles. The summed E-state index contributed by atoms with van der Waals surface area (Å²) in [5.41, 5.74) is 0.264. The molecule has 0 spiro atoms. The summed E-state index contributed by atoms with van der Waals surface area (Å²) in [5.74, 6) is -2.35. The van der Waals surface area contributed by atoms with Crippen molar-refractivity contribution < 1.29 is 18.7 Å². The second-order valence-electron chi connectivity index (χ2n) is 7.09. The normalized spacial score (nSPS) is 10.7. The van der Waals surface area contributed by atoms with E-state index >= 15 is 0 Å². The highest BCUT2D eigenvalue weighted by molar-refractivity contribution is 6.30. The van der Waals surface area contributed by atoms with E-state index in [-0.39, 0.29) is 28.5 Å². The van der Waals surface area contributed by atoms with Crippen molar-refractivity contribution in [3.8, 4) is 0 Å². The third-order valence-corrected chi connectivity index (χ3v) is 5.01. The Morgan fingerprint density at radius 2 is 1.70 bits per heavy atom. The lowest BCUT2D eigenvalue weighted by atomic mass is 10.1. The fraction of sp³-hybridized carbons (Fsp3) is 0.0833. The molecule has 9 heteroatoms. The molecule has 0 fully saturated rings. The number of fused-ring (bicyclic) bond motifs is 1. The summed E-state index contributed by atoms with van der Waals surface area (Å²) in [5, 5.41) is 7.30. The second kappa shape index (κ2) is 9.62. The smallest absolute Gasteiger partial charge is 0.359 e. The number of ether oxygens (including phenoxy) is 1. The Morgan fingerprint density at radius 3 is 2.42 bits per heavy atom. The number of hydrogen-bond acceptors (Lipinski definition) is 5. The first kappa shape index (κ1) is 22.2. The summed E-state index contributed by atoms with van der Waals surface area (Å²) < 4.78 is 20.1. The van der Waals surface area contributed by atoms with Gasteiger partial charge in [0.25, 0.3) is 11.5 Å². The number of carbonyl (C=O) groups excluding carboxylic acids is 2. The zero-order chi connectivity index (χ0) is 23.4. The molecule has 0 bridgehead atoms. The average molecular weight is 466 g/mol. The topological polar surface area (TPSA) is 90.3 Å². The van der Waals surface area contributed by atoms with E-state index < -0.39 is 24.3 Å². The minimum atomic E-state index is -0.889. The molecule has 4 aromatic rings. The number of hydrogen-bond donors (Lipinski definition) is 1. The van der Waals surface area contributed by atoms with Crippen LogP contribution in [-0.2, 0) is 16.1 Å². The van der Waals surface area contributed by atoms with Gasteiger partial charge in [-0.25, -0.2) is 13.9 Å². The van der Waals surface area contributed by atoms with Crippen molar-refractivity contribution in [3.63, 3.8) is 0 Å². The largest absolute Gasteiger partial charge is 0.451 e. The van der Waals surface area contributed by atoms with Crippen LogP contribution in [0.3, 0.4) is 0 Å². The number of anilines is 1. The fourth-order valence-electron chi connectivity index (χ4n) is 3.23. The molecule has 33 heavy (non-hydrogen) atoms. The van der Waals surface area contributed by atoms with Crippen LogP contribution in [0.2, 0.25) is 5.02 Å². The van der Waals surface area contributed by atoms with Gasteiger partial charge in [0.2, 0.25) is 0 Å². The summed E-state index contributed by atoms with van der Waals surface area (Å²) in [6.45, 7) is -0.518. The molecule has 0 aliphatic rings. The third kappa shape index (κ3) is 5.07. The standard InChI is InChI=1S/C24H17ClFN3O4/c25-16-10-11-20(19(26)12-16)27-21(30)14-33-24(32)22-17-8-4-5-9-18(17)23(31)29(28-22)13-15-6-2-1-3-7-15/h1-12H,13-14H2,(H,27,30). The number of halogens is 2. The summed E-state index contributed by atoms with van der Waals surface area (Å²) in [7, 11) is 0. The highest BCUT2D eigenvalue weighted by Gasteiger charge is 2.19. The molecular formula is C24H17ClFN3O4. The van der Waals surface area contributed by atoms with Crippen LogP contribution in [0, 0.1) is 5.82 Å². The molecule has 4 rings (SSSR count). The van der Waals surface area contributed by atoms with Crippen molar-refractivity contribution in [1.29, 1.82) is 0 Å². The second-order valence-corrected chi connectivity index (χ2v) is 7.53. The molecule has 166 valence electrons. The van der Waals surface area contributed by atoms with Gasteiger partial charge in [0, 0.05) is 10.4 Å². The van der Waals surface area contributed by atoms with E-state index in [1.807, 2.05) is 30.3 Å². The van der Waals surface area contributed by atoms with Crippen molar-refractivity contribution in [2.75, 3.05) is 11.9 Å². The van der Waals surface area contributed by atoms with Gasteiger partial charge >= 0.3 is 5.97 Å². The molecule has 0 aliphatic heterocycles. The maximum absolute atomic E-state index is 13.9. The Labute approximate surface area is 192 Å². The lowest BCUT2D eigenvalue weighted by Gasteiger charge is -2.11.